The highest BCUT2D eigenvalue weighted by atomic mass is 16.5. The van der Waals surface area contributed by atoms with E-state index in [9.17, 15) is 4.79 Å². The molecule has 0 bridgehead atoms. The lowest BCUT2D eigenvalue weighted by molar-refractivity contribution is -0.137. The Morgan fingerprint density at radius 1 is 1.21 bits per heavy atom. The summed E-state index contributed by atoms with van der Waals surface area (Å²) in [5, 5.41) is 0. The van der Waals surface area contributed by atoms with Crippen molar-refractivity contribution < 1.29 is 9.53 Å². The fourth-order valence-electron chi connectivity index (χ4n) is 1.21. The Labute approximate surface area is 87.3 Å². The monoisotopic (exact) mass is 197 g/mol. The van der Waals surface area contributed by atoms with E-state index in [0.717, 1.165) is 12.8 Å². The van der Waals surface area contributed by atoms with Gasteiger partial charge < -0.3 is 4.74 Å². The Bertz CT molecular complexity index is 162. The first kappa shape index (κ1) is 13.2. The molecule has 2 heteroatoms. The van der Waals surface area contributed by atoms with Gasteiger partial charge in [-0.2, -0.15) is 0 Å². The van der Waals surface area contributed by atoms with E-state index in [1.807, 2.05) is 0 Å². The van der Waals surface area contributed by atoms with Crippen molar-refractivity contribution in [1.29, 1.82) is 0 Å². The number of rotatable bonds is 8. The van der Waals surface area contributed by atoms with Crippen LogP contribution >= 0.6 is 0 Å². The first-order valence-electron chi connectivity index (χ1n) is 5.48. The van der Waals surface area contributed by atoms with Gasteiger partial charge in [0, 0.05) is 6.08 Å². The first-order valence-corrected chi connectivity index (χ1v) is 5.48. The third-order valence-electron chi connectivity index (χ3n) is 2.00. The molecule has 0 aromatic carbocycles. The van der Waals surface area contributed by atoms with Crippen LogP contribution in [0.4, 0.5) is 0 Å². The Balaban J connectivity index is 3.09. The van der Waals surface area contributed by atoms with Gasteiger partial charge in [0.05, 0.1) is 6.61 Å². The van der Waals surface area contributed by atoms with E-state index in [2.05, 4.69) is 13.0 Å². The fourth-order valence-corrected chi connectivity index (χ4v) is 1.21. The molecule has 0 rings (SSSR count). The lowest BCUT2D eigenvalue weighted by Gasteiger charge is -2.01. The minimum atomic E-state index is -0.277. The Morgan fingerprint density at radius 3 is 2.50 bits per heavy atom. The number of esters is 1. The van der Waals surface area contributed by atoms with Gasteiger partial charge in [0.25, 0.3) is 0 Å². The summed E-state index contributed by atoms with van der Waals surface area (Å²) in [5.74, 6) is -0.277. The van der Waals surface area contributed by atoms with Crippen LogP contribution in [0.3, 0.4) is 0 Å². The number of allylic oxidation sites excluding steroid dienone is 1. The van der Waals surface area contributed by atoms with Crippen molar-refractivity contribution in [3.05, 3.63) is 12.2 Å². The fraction of sp³-hybridized carbons (Fsp3) is 0.750. The van der Waals surface area contributed by atoms with E-state index in [1.165, 1.54) is 31.8 Å². The molecular formula is C12H21O2. The van der Waals surface area contributed by atoms with Crippen molar-refractivity contribution in [2.24, 2.45) is 0 Å². The highest BCUT2D eigenvalue weighted by Gasteiger charge is 1.95. The minimum absolute atomic E-state index is 0.277. The Kier molecular flexibility index (Phi) is 9.71. The van der Waals surface area contributed by atoms with Gasteiger partial charge in [-0.3, -0.25) is 0 Å². The molecule has 1 radical (unpaired) electrons. The van der Waals surface area contributed by atoms with Crippen molar-refractivity contribution in [2.45, 2.75) is 52.4 Å². The summed E-state index contributed by atoms with van der Waals surface area (Å²) in [6, 6.07) is 0. The number of ether oxygens (including phenoxy) is 1. The Morgan fingerprint density at radius 2 is 1.86 bits per heavy atom. The average molecular weight is 197 g/mol. The number of carbonyl (C=O) groups excluding carboxylic acids is 1. The van der Waals surface area contributed by atoms with Crippen LogP contribution < -0.4 is 0 Å². The summed E-state index contributed by atoms with van der Waals surface area (Å²) in [4.78, 5) is 10.8. The van der Waals surface area contributed by atoms with Gasteiger partial charge in [-0.25, -0.2) is 4.79 Å². The predicted octanol–water partition coefficient (Wildman–Crippen LogP) is 3.27. The molecule has 0 unspecified atom stereocenters. The lowest BCUT2D eigenvalue weighted by Crippen LogP contribution is -2.01. The molecule has 0 aliphatic rings. The Hall–Kier alpha value is -0.790. The van der Waals surface area contributed by atoms with Crippen molar-refractivity contribution in [3.63, 3.8) is 0 Å². The zero-order valence-electron chi connectivity index (χ0n) is 9.34. The standard InChI is InChI=1S/C12H21O2/c1-3-5-6-7-8-9-11-14-12(13)10-4-2/h10H,3,5-9,11H2,1-2H3. The SMILES string of the molecule is C/[C]=C/C(=O)OCCCCCCCC. The molecule has 0 atom stereocenters. The van der Waals surface area contributed by atoms with E-state index in [0.29, 0.717) is 6.61 Å². The number of unbranched alkanes of at least 4 members (excludes halogenated alkanes) is 5. The van der Waals surface area contributed by atoms with Gasteiger partial charge in [0.1, 0.15) is 0 Å². The number of hydrogen-bond acceptors (Lipinski definition) is 2. The van der Waals surface area contributed by atoms with E-state index < -0.39 is 0 Å². The molecule has 0 saturated carbocycles. The summed E-state index contributed by atoms with van der Waals surface area (Å²) < 4.78 is 4.93. The normalized spacial score (nSPS) is 10.7. The second-order valence-electron chi connectivity index (χ2n) is 3.37. The van der Waals surface area contributed by atoms with Crippen LogP contribution in [0, 0.1) is 6.08 Å². The first-order chi connectivity index (χ1) is 6.81. The molecule has 0 spiro atoms. The maximum Gasteiger partial charge on any atom is 0.331 e. The minimum Gasteiger partial charge on any atom is -0.463 e. The summed E-state index contributed by atoms with van der Waals surface area (Å²) in [6.45, 7) is 4.44. The van der Waals surface area contributed by atoms with E-state index in [1.54, 1.807) is 6.92 Å². The molecular weight excluding hydrogens is 176 g/mol. The largest absolute Gasteiger partial charge is 0.463 e. The second kappa shape index (κ2) is 10.3. The van der Waals surface area contributed by atoms with E-state index >= 15 is 0 Å². The van der Waals surface area contributed by atoms with Gasteiger partial charge in [-0.1, -0.05) is 39.0 Å². The molecule has 0 saturated heterocycles. The molecule has 0 aliphatic heterocycles. The van der Waals surface area contributed by atoms with E-state index in [-0.39, 0.29) is 5.97 Å². The molecule has 0 fully saturated rings. The maximum atomic E-state index is 10.8. The van der Waals surface area contributed by atoms with Crippen LogP contribution in [-0.4, -0.2) is 12.6 Å². The van der Waals surface area contributed by atoms with Gasteiger partial charge in [0.15, 0.2) is 0 Å². The predicted molar refractivity (Wildman–Crippen MR) is 57.8 cm³/mol. The highest BCUT2D eigenvalue weighted by Crippen LogP contribution is 2.04. The lowest BCUT2D eigenvalue weighted by atomic mass is 10.1. The molecule has 0 aliphatic carbocycles. The highest BCUT2D eigenvalue weighted by molar-refractivity contribution is 5.81. The van der Waals surface area contributed by atoms with Crippen LogP contribution in [0.1, 0.15) is 52.4 Å². The van der Waals surface area contributed by atoms with Crippen LogP contribution in [0.25, 0.3) is 0 Å². The molecule has 0 aromatic rings. The average Bonchev–Trinajstić information content (AvgIpc) is 2.17. The third-order valence-corrected chi connectivity index (χ3v) is 2.00. The summed E-state index contributed by atoms with van der Waals surface area (Å²) in [6.07, 6.45) is 11.2. The molecule has 0 N–H and O–H groups in total. The van der Waals surface area contributed by atoms with Crippen LogP contribution in [-0.2, 0) is 9.53 Å². The quantitative estimate of drug-likeness (QED) is 0.339. The van der Waals surface area contributed by atoms with Gasteiger partial charge in [-0.05, 0) is 19.4 Å². The van der Waals surface area contributed by atoms with E-state index in [4.69, 9.17) is 4.74 Å². The molecule has 0 heterocycles. The van der Waals surface area contributed by atoms with Crippen LogP contribution in [0.15, 0.2) is 6.08 Å². The van der Waals surface area contributed by atoms with Crippen molar-refractivity contribution in [1.82, 2.24) is 0 Å². The molecule has 81 valence electrons. The van der Waals surface area contributed by atoms with Crippen molar-refractivity contribution in [3.8, 4) is 0 Å². The smallest absolute Gasteiger partial charge is 0.331 e. The third kappa shape index (κ3) is 9.30. The molecule has 2 nitrogen and oxygen atoms in total. The van der Waals surface area contributed by atoms with Crippen LogP contribution in [0.5, 0.6) is 0 Å². The topological polar surface area (TPSA) is 26.3 Å². The van der Waals surface area contributed by atoms with Crippen LogP contribution in [0.2, 0.25) is 0 Å². The molecule has 14 heavy (non-hydrogen) atoms. The second-order valence-corrected chi connectivity index (χ2v) is 3.37. The summed E-state index contributed by atoms with van der Waals surface area (Å²) >= 11 is 0. The zero-order valence-corrected chi connectivity index (χ0v) is 9.34. The number of carbonyl (C=O) groups is 1. The van der Waals surface area contributed by atoms with Gasteiger partial charge >= 0.3 is 5.97 Å². The molecule has 0 amide bonds. The van der Waals surface area contributed by atoms with Crippen molar-refractivity contribution in [2.75, 3.05) is 6.61 Å². The van der Waals surface area contributed by atoms with Gasteiger partial charge in [-0.15, -0.1) is 0 Å². The summed E-state index contributed by atoms with van der Waals surface area (Å²) in [5.41, 5.74) is 0. The maximum absolute atomic E-state index is 10.8. The molecule has 0 aromatic heterocycles. The van der Waals surface area contributed by atoms with Gasteiger partial charge in [0.2, 0.25) is 0 Å². The van der Waals surface area contributed by atoms with Crippen molar-refractivity contribution >= 4 is 5.97 Å². The summed E-state index contributed by atoms with van der Waals surface area (Å²) in [7, 11) is 0. The number of hydrogen-bond donors (Lipinski definition) is 0. The zero-order chi connectivity index (χ0) is 10.6.